The van der Waals surface area contributed by atoms with Crippen molar-refractivity contribution in [2.75, 3.05) is 6.61 Å². The van der Waals surface area contributed by atoms with Gasteiger partial charge >= 0.3 is 5.97 Å². The number of carbonyl (C=O) groups excluding carboxylic acids is 1. The molecule has 0 aromatic heterocycles. The van der Waals surface area contributed by atoms with Crippen LogP contribution < -0.4 is 0 Å². The maximum atomic E-state index is 12.2. The number of phenolic OH excluding ortho intramolecular Hbond substituents is 2. The lowest BCUT2D eigenvalue weighted by Crippen LogP contribution is -2.08. The SMILES string of the molecule is O=C(OCCc1ccccc1)c1cc(O)c2ccccc2c1O. The van der Waals surface area contributed by atoms with Crippen LogP contribution in [0.25, 0.3) is 10.8 Å². The van der Waals surface area contributed by atoms with Crippen molar-refractivity contribution in [1.29, 1.82) is 0 Å². The van der Waals surface area contributed by atoms with Gasteiger partial charge in [0.25, 0.3) is 0 Å². The van der Waals surface area contributed by atoms with Gasteiger partial charge in [-0.15, -0.1) is 0 Å². The zero-order chi connectivity index (χ0) is 16.2. The average molecular weight is 308 g/mol. The number of benzene rings is 3. The lowest BCUT2D eigenvalue weighted by Gasteiger charge is -2.10. The molecule has 0 saturated carbocycles. The van der Waals surface area contributed by atoms with Crippen molar-refractivity contribution in [3.05, 3.63) is 71.8 Å². The van der Waals surface area contributed by atoms with E-state index in [2.05, 4.69) is 0 Å². The molecule has 0 fully saturated rings. The van der Waals surface area contributed by atoms with E-state index in [0.717, 1.165) is 5.56 Å². The third kappa shape index (κ3) is 3.11. The van der Waals surface area contributed by atoms with E-state index < -0.39 is 5.97 Å². The summed E-state index contributed by atoms with van der Waals surface area (Å²) in [7, 11) is 0. The molecule has 116 valence electrons. The second-order valence-electron chi connectivity index (χ2n) is 5.21. The molecule has 0 amide bonds. The van der Waals surface area contributed by atoms with Gasteiger partial charge in [-0.2, -0.15) is 0 Å². The minimum atomic E-state index is -0.653. The van der Waals surface area contributed by atoms with Gasteiger partial charge in [-0.3, -0.25) is 0 Å². The monoisotopic (exact) mass is 308 g/mol. The van der Waals surface area contributed by atoms with Gasteiger partial charge in [-0.25, -0.2) is 4.79 Å². The van der Waals surface area contributed by atoms with E-state index in [1.54, 1.807) is 24.3 Å². The summed E-state index contributed by atoms with van der Waals surface area (Å²) in [5.41, 5.74) is 1.03. The fourth-order valence-electron chi connectivity index (χ4n) is 2.48. The van der Waals surface area contributed by atoms with Gasteiger partial charge in [-0.1, -0.05) is 54.6 Å². The summed E-state index contributed by atoms with van der Waals surface area (Å²) >= 11 is 0. The molecule has 0 heterocycles. The normalized spacial score (nSPS) is 10.6. The quantitative estimate of drug-likeness (QED) is 0.570. The number of fused-ring (bicyclic) bond motifs is 1. The molecule has 0 spiro atoms. The van der Waals surface area contributed by atoms with Crippen LogP contribution in [0, 0.1) is 0 Å². The average Bonchev–Trinajstić information content (AvgIpc) is 2.59. The van der Waals surface area contributed by atoms with E-state index in [4.69, 9.17) is 4.74 Å². The Kier molecular flexibility index (Phi) is 4.15. The molecule has 0 atom stereocenters. The molecule has 0 unspecified atom stereocenters. The number of ether oxygens (including phenoxy) is 1. The van der Waals surface area contributed by atoms with Gasteiger partial charge in [0.2, 0.25) is 0 Å². The Morgan fingerprint density at radius 2 is 1.57 bits per heavy atom. The Morgan fingerprint density at radius 1 is 0.913 bits per heavy atom. The summed E-state index contributed by atoms with van der Waals surface area (Å²) in [6.45, 7) is 0.204. The standard InChI is InChI=1S/C19H16O4/c20-17-12-16(18(21)15-9-5-4-8-14(15)17)19(22)23-11-10-13-6-2-1-3-7-13/h1-9,12,20-21H,10-11H2. The van der Waals surface area contributed by atoms with Crippen LogP contribution in [-0.4, -0.2) is 22.8 Å². The first-order chi connectivity index (χ1) is 11.2. The molecule has 3 rings (SSSR count). The lowest BCUT2D eigenvalue weighted by atomic mass is 10.0. The molecule has 2 N–H and O–H groups in total. The molecule has 0 aliphatic heterocycles. The fraction of sp³-hybridized carbons (Fsp3) is 0.105. The Balaban J connectivity index is 1.77. The Labute approximate surface area is 133 Å². The van der Waals surface area contributed by atoms with Gasteiger partial charge < -0.3 is 14.9 Å². The maximum Gasteiger partial charge on any atom is 0.342 e. The van der Waals surface area contributed by atoms with Crippen LogP contribution in [-0.2, 0) is 11.2 Å². The fourth-order valence-corrected chi connectivity index (χ4v) is 2.48. The predicted molar refractivity (Wildman–Crippen MR) is 87.7 cm³/mol. The Hall–Kier alpha value is -3.01. The van der Waals surface area contributed by atoms with Crippen molar-refractivity contribution in [1.82, 2.24) is 0 Å². The van der Waals surface area contributed by atoms with E-state index >= 15 is 0 Å². The molecular weight excluding hydrogens is 292 g/mol. The minimum absolute atomic E-state index is 0.0331. The van der Waals surface area contributed by atoms with E-state index in [1.807, 2.05) is 30.3 Å². The minimum Gasteiger partial charge on any atom is -0.507 e. The van der Waals surface area contributed by atoms with Gasteiger partial charge in [0, 0.05) is 17.2 Å². The van der Waals surface area contributed by atoms with E-state index in [-0.39, 0.29) is 23.7 Å². The highest BCUT2D eigenvalue weighted by molar-refractivity contribution is 6.03. The van der Waals surface area contributed by atoms with Crippen LogP contribution in [0.2, 0.25) is 0 Å². The number of aromatic hydroxyl groups is 2. The number of hydrogen-bond donors (Lipinski definition) is 2. The molecule has 0 bridgehead atoms. The zero-order valence-corrected chi connectivity index (χ0v) is 12.4. The third-order valence-electron chi connectivity index (χ3n) is 3.68. The highest BCUT2D eigenvalue weighted by Gasteiger charge is 2.18. The Morgan fingerprint density at radius 3 is 2.30 bits per heavy atom. The molecule has 3 aromatic carbocycles. The summed E-state index contributed by atoms with van der Waals surface area (Å²) in [4.78, 5) is 12.2. The second kappa shape index (κ2) is 6.40. The van der Waals surface area contributed by atoms with Gasteiger partial charge in [0.15, 0.2) is 0 Å². The molecule has 3 aromatic rings. The topological polar surface area (TPSA) is 66.8 Å². The summed E-state index contributed by atoms with van der Waals surface area (Å²) in [5.74, 6) is -0.893. The smallest absolute Gasteiger partial charge is 0.342 e. The largest absolute Gasteiger partial charge is 0.507 e. The summed E-state index contributed by atoms with van der Waals surface area (Å²) in [6, 6.07) is 17.7. The number of rotatable bonds is 4. The highest BCUT2D eigenvalue weighted by atomic mass is 16.5. The summed E-state index contributed by atoms with van der Waals surface area (Å²) < 4.78 is 5.21. The van der Waals surface area contributed by atoms with Crippen LogP contribution in [0.3, 0.4) is 0 Å². The van der Waals surface area contributed by atoms with Crippen molar-refractivity contribution in [3.8, 4) is 11.5 Å². The van der Waals surface area contributed by atoms with Crippen LogP contribution in [0.4, 0.5) is 0 Å². The first kappa shape index (κ1) is 14.9. The maximum absolute atomic E-state index is 12.2. The molecule has 0 saturated heterocycles. The van der Waals surface area contributed by atoms with Crippen molar-refractivity contribution in [2.45, 2.75) is 6.42 Å². The molecule has 0 aliphatic rings. The molecule has 4 heteroatoms. The number of hydrogen-bond acceptors (Lipinski definition) is 4. The number of carbonyl (C=O) groups is 1. The van der Waals surface area contributed by atoms with Crippen molar-refractivity contribution in [3.63, 3.8) is 0 Å². The van der Waals surface area contributed by atoms with E-state index in [9.17, 15) is 15.0 Å². The second-order valence-corrected chi connectivity index (χ2v) is 5.21. The lowest BCUT2D eigenvalue weighted by molar-refractivity contribution is 0.0506. The van der Waals surface area contributed by atoms with Gasteiger partial charge in [0.1, 0.15) is 17.1 Å². The van der Waals surface area contributed by atoms with Crippen LogP contribution in [0.5, 0.6) is 11.5 Å². The zero-order valence-electron chi connectivity index (χ0n) is 12.4. The third-order valence-corrected chi connectivity index (χ3v) is 3.68. The number of phenols is 2. The number of esters is 1. The molecule has 0 aliphatic carbocycles. The van der Waals surface area contributed by atoms with Crippen molar-refractivity contribution >= 4 is 16.7 Å². The van der Waals surface area contributed by atoms with E-state index in [1.165, 1.54) is 6.07 Å². The first-order valence-corrected chi connectivity index (χ1v) is 7.31. The highest BCUT2D eigenvalue weighted by Crippen LogP contribution is 2.35. The Bertz CT molecular complexity index is 841. The molecule has 4 nitrogen and oxygen atoms in total. The summed E-state index contributed by atoms with van der Waals surface area (Å²) in [5, 5.41) is 21.2. The van der Waals surface area contributed by atoms with Crippen LogP contribution in [0.15, 0.2) is 60.7 Å². The van der Waals surface area contributed by atoms with Crippen molar-refractivity contribution < 1.29 is 19.7 Å². The van der Waals surface area contributed by atoms with Gasteiger partial charge in [-0.05, 0) is 11.6 Å². The molecule has 0 radical (unpaired) electrons. The first-order valence-electron chi connectivity index (χ1n) is 7.31. The van der Waals surface area contributed by atoms with Crippen molar-refractivity contribution in [2.24, 2.45) is 0 Å². The molecule has 23 heavy (non-hydrogen) atoms. The van der Waals surface area contributed by atoms with Crippen LogP contribution in [0.1, 0.15) is 15.9 Å². The van der Waals surface area contributed by atoms with E-state index in [0.29, 0.717) is 17.2 Å². The van der Waals surface area contributed by atoms with Crippen LogP contribution >= 0.6 is 0 Å². The predicted octanol–water partition coefficient (Wildman–Crippen LogP) is 3.65. The van der Waals surface area contributed by atoms with Gasteiger partial charge in [0.05, 0.1) is 6.61 Å². The summed E-state index contributed by atoms with van der Waals surface area (Å²) in [6.07, 6.45) is 0.590. The molecular formula is C19H16O4.